The topological polar surface area (TPSA) is 38.9 Å². The normalized spacial score (nSPS) is 12.6. The van der Waals surface area contributed by atoms with Crippen molar-refractivity contribution < 1.29 is 0 Å². The fourth-order valence-electron chi connectivity index (χ4n) is 1.53. The lowest BCUT2D eigenvalue weighted by atomic mass is 10.2. The van der Waals surface area contributed by atoms with Crippen LogP contribution < -0.4 is 5.73 Å². The molecule has 0 radical (unpaired) electrons. The molecule has 0 aliphatic carbocycles. The van der Waals surface area contributed by atoms with Crippen LogP contribution in [0.25, 0.3) is 10.6 Å². The molecule has 1 aromatic heterocycles. The van der Waals surface area contributed by atoms with Crippen molar-refractivity contribution in [1.82, 2.24) is 4.98 Å². The average Bonchev–Trinajstić information content (AvgIpc) is 2.84. The quantitative estimate of drug-likeness (QED) is 0.817. The third-order valence-corrected chi connectivity index (χ3v) is 4.50. The molecule has 0 fully saturated rings. The molecule has 1 unspecified atom stereocenters. The summed E-state index contributed by atoms with van der Waals surface area (Å²) in [7, 11) is 0. The van der Waals surface area contributed by atoms with E-state index in [0.29, 0.717) is 6.04 Å². The fraction of sp³-hybridized carbons (Fsp3) is 0.357. The Morgan fingerprint density at radius 3 is 2.83 bits per heavy atom. The molecule has 0 amide bonds. The number of hydrogen-bond acceptors (Lipinski definition) is 4. The van der Waals surface area contributed by atoms with Crippen LogP contribution in [0.4, 0.5) is 0 Å². The summed E-state index contributed by atoms with van der Waals surface area (Å²) in [6.07, 6.45) is 1.07. The smallest absolute Gasteiger partial charge is 0.123 e. The number of benzene rings is 1. The van der Waals surface area contributed by atoms with Gasteiger partial charge in [-0.1, -0.05) is 30.3 Å². The Morgan fingerprint density at radius 1 is 1.33 bits per heavy atom. The predicted octanol–water partition coefficient (Wildman–Crippen LogP) is 3.78. The molecule has 0 aliphatic heterocycles. The molecule has 2 rings (SSSR count). The van der Waals surface area contributed by atoms with E-state index in [4.69, 9.17) is 5.73 Å². The number of nitrogens with zero attached hydrogens (tertiary/aromatic N) is 1. The van der Waals surface area contributed by atoms with Crippen molar-refractivity contribution in [2.24, 2.45) is 5.73 Å². The molecule has 18 heavy (non-hydrogen) atoms. The minimum absolute atomic E-state index is 0.299. The van der Waals surface area contributed by atoms with Crippen LogP contribution in [-0.4, -0.2) is 16.8 Å². The number of hydrogen-bond donors (Lipinski definition) is 1. The predicted molar refractivity (Wildman–Crippen MR) is 82.0 cm³/mol. The van der Waals surface area contributed by atoms with E-state index in [2.05, 4.69) is 29.4 Å². The van der Waals surface area contributed by atoms with Crippen LogP contribution in [0.2, 0.25) is 0 Å². The largest absolute Gasteiger partial charge is 0.328 e. The van der Waals surface area contributed by atoms with Gasteiger partial charge in [-0.2, -0.15) is 11.8 Å². The van der Waals surface area contributed by atoms with Gasteiger partial charge in [0.25, 0.3) is 0 Å². The lowest BCUT2D eigenvalue weighted by molar-refractivity contribution is 0.721. The Morgan fingerprint density at radius 2 is 2.11 bits per heavy atom. The first-order chi connectivity index (χ1) is 8.75. The summed E-state index contributed by atoms with van der Waals surface area (Å²) in [5, 5.41) is 3.26. The van der Waals surface area contributed by atoms with Gasteiger partial charge in [0, 0.05) is 22.7 Å². The van der Waals surface area contributed by atoms with Crippen LogP contribution in [0.1, 0.15) is 19.0 Å². The molecule has 2 aromatic rings. The molecular weight excluding hydrogens is 260 g/mol. The summed E-state index contributed by atoms with van der Waals surface area (Å²) in [5.74, 6) is 2.09. The SMILES string of the molecule is CC(N)CCSCc1csc(-c2ccccc2)n1. The Balaban J connectivity index is 1.87. The van der Waals surface area contributed by atoms with E-state index >= 15 is 0 Å². The number of thioether (sulfide) groups is 1. The van der Waals surface area contributed by atoms with Gasteiger partial charge in [-0.15, -0.1) is 11.3 Å². The van der Waals surface area contributed by atoms with Crippen molar-refractivity contribution in [1.29, 1.82) is 0 Å². The van der Waals surface area contributed by atoms with E-state index in [1.54, 1.807) is 11.3 Å². The van der Waals surface area contributed by atoms with Crippen LogP contribution in [0, 0.1) is 0 Å². The Hall–Kier alpha value is -0.840. The van der Waals surface area contributed by atoms with Crippen molar-refractivity contribution in [2.75, 3.05) is 5.75 Å². The Labute approximate surface area is 117 Å². The van der Waals surface area contributed by atoms with Crippen molar-refractivity contribution in [3.8, 4) is 10.6 Å². The van der Waals surface area contributed by atoms with Crippen molar-refractivity contribution >= 4 is 23.1 Å². The van der Waals surface area contributed by atoms with Gasteiger partial charge in [-0.25, -0.2) is 4.98 Å². The molecule has 4 heteroatoms. The molecule has 1 heterocycles. The van der Waals surface area contributed by atoms with Crippen LogP contribution in [0.5, 0.6) is 0 Å². The Kier molecular flexibility index (Phi) is 5.23. The number of rotatable bonds is 6. The molecule has 96 valence electrons. The zero-order valence-corrected chi connectivity index (χ0v) is 12.1. The van der Waals surface area contributed by atoms with Crippen molar-refractivity contribution in [3.63, 3.8) is 0 Å². The highest BCUT2D eigenvalue weighted by atomic mass is 32.2. The second kappa shape index (κ2) is 6.92. The van der Waals surface area contributed by atoms with Crippen LogP contribution in [0.15, 0.2) is 35.7 Å². The summed E-state index contributed by atoms with van der Waals surface area (Å²) < 4.78 is 0. The van der Waals surface area contributed by atoms with E-state index in [-0.39, 0.29) is 0 Å². The second-order valence-corrected chi connectivity index (χ2v) is 6.29. The highest BCUT2D eigenvalue weighted by Crippen LogP contribution is 2.25. The lowest BCUT2D eigenvalue weighted by Crippen LogP contribution is -2.15. The monoisotopic (exact) mass is 278 g/mol. The molecule has 0 bridgehead atoms. The molecular formula is C14H18N2S2. The maximum Gasteiger partial charge on any atom is 0.123 e. The van der Waals surface area contributed by atoms with Crippen LogP contribution >= 0.6 is 23.1 Å². The molecule has 0 saturated carbocycles. The Bertz CT molecular complexity index is 466. The summed E-state index contributed by atoms with van der Waals surface area (Å²) in [5.41, 5.74) is 8.10. The molecule has 1 atom stereocenters. The third-order valence-electron chi connectivity index (χ3n) is 2.54. The summed E-state index contributed by atoms with van der Waals surface area (Å²) in [4.78, 5) is 4.66. The number of aromatic nitrogens is 1. The fourth-order valence-corrected chi connectivity index (χ4v) is 3.50. The van der Waals surface area contributed by atoms with Crippen LogP contribution in [0.3, 0.4) is 0 Å². The van der Waals surface area contributed by atoms with Gasteiger partial charge in [-0.05, 0) is 19.1 Å². The number of nitrogens with two attached hydrogens (primary N) is 1. The average molecular weight is 278 g/mol. The van der Waals surface area contributed by atoms with E-state index in [9.17, 15) is 0 Å². The zero-order chi connectivity index (χ0) is 12.8. The highest BCUT2D eigenvalue weighted by Gasteiger charge is 2.04. The number of thiazole rings is 1. The first-order valence-electron chi connectivity index (χ1n) is 6.09. The lowest BCUT2D eigenvalue weighted by Gasteiger charge is -2.02. The van der Waals surface area contributed by atoms with Gasteiger partial charge in [0.15, 0.2) is 0 Å². The van der Waals surface area contributed by atoms with E-state index < -0.39 is 0 Å². The first-order valence-corrected chi connectivity index (χ1v) is 8.12. The van der Waals surface area contributed by atoms with Gasteiger partial charge in [0.2, 0.25) is 0 Å². The second-order valence-electron chi connectivity index (χ2n) is 4.33. The third kappa shape index (κ3) is 4.12. The van der Waals surface area contributed by atoms with Crippen molar-refractivity contribution in [3.05, 3.63) is 41.4 Å². The van der Waals surface area contributed by atoms with Gasteiger partial charge < -0.3 is 5.73 Å². The van der Waals surface area contributed by atoms with Crippen LogP contribution in [-0.2, 0) is 5.75 Å². The van der Waals surface area contributed by atoms with E-state index in [1.807, 2.05) is 30.0 Å². The van der Waals surface area contributed by atoms with Gasteiger partial charge in [0.05, 0.1) is 5.69 Å². The van der Waals surface area contributed by atoms with Gasteiger partial charge in [-0.3, -0.25) is 0 Å². The minimum Gasteiger partial charge on any atom is -0.328 e. The standard InChI is InChI=1S/C14H18N2S2/c1-11(15)7-8-17-9-13-10-18-14(16-13)12-5-3-2-4-6-12/h2-6,10-11H,7-9,15H2,1H3. The molecule has 0 aliphatic rings. The van der Waals surface area contributed by atoms with E-state index in [1.165, 1.54) is 11.3 Å². The molecule has 2 N–H and O–H groups in total. The van der Waals surface area contributed by atoms with Crippen molar-refractivity contribution in [2.45, 2.75) is 25.1 Å². The zero-order valence-electron chi connectivity index (χ0n) is 10.5. The van der Waals surface area contributed by atoms with Gasteiger partial charge in [0.1, 0.15) is 5.01 Å². The molecule has 0 spiro atoms. The summed E-state index contributed by atoms with van der Waals surface area (Å²) in [6, 6.07) is 10.6. The highest BCUT2D eigenvalue weighted by molar-refractivity contribution is 7.98. The minimum atomic E-state index is 0.299. The molecule has 2 nitrogen and oxygen atoms in total. The molecule has 0 saturated heterocycles. The van der Waals surface area contributed by atoms with E-state index in [0.717, 1.165) is 22.9 Å². The first kappa shape index (κ1) is 13.6. The maximum atomic E-state index is 5.73. The summed E-state index contributed by atoms with van der Waals surface area (Å²) in [6.45, 7) is 2.05. The molecule has 1 aromatic carbocycles. The maximum absolute atomic E-state index is 5.73. The van der Waals surface area contributed by atoms with Gasteiger partial charge >= 0.3 is 0 Å². The summed E-state index contributed by atoms with van der Waals surface area (Å²) >= 11 is 3.63.